The number of aromatic nitrogens is 4. The summed E-state index contributed by atoms with van der Waals surface area (Å²) in [5.41, 5.74) is 1.53. The van der Waals surface area contributed by atoms with Crippen LogP contribution in [-0.4, -0.2) is 25.4 Å². The molecule has 6 heteroatoms. The lowest BCUT2D eigenvalue weighted by Gasteiger charge is -2.08. The number of nitrogens with zero attached hydrogens (tertiary/aromatic N) is 4. The molecule has 0 saturated heterocycles. The van der Waals surface area contributed by atoms with Gasteiger partial charge in [-0.2, -0.15) is 9.61 Å². The molecule has 0 aliphatic rings. The van der Waals surface area contributed by atoms with Crippen LogP contribution in [-0.2, 0) is 7.05 Å². The minimum atomic E-state index is -0.127. The van der Waals surface area contributed by atoms with E-state index in [0.29, 0.717) is 5.39 Å². The van der Waals surface area contributed by atoms with Crippen LogP contribution in [0.4, 0.5) is 0 Å². The molecule has 0 atom stereocenters. The molecule has 86 valence electrons. The first-order valence-electron chi connectivity index (χ1n) is 5.09. The normalized spacial score (nSPS) is 11.4. The van der Waals surface area contributed by atoms with Crippen LogP contribution in [0.15, 0.2) is 34.3 Å². The second-order valence-corrected chi connectivity index (χ2v) is 4.54. The van der Waals surface area contributed by atoms with E-state index < -0.39 is 0 Å². The summed E-state index contributed by atoms with van der Waals surface area (Å²) in [6.45, 7) is 0. The lowest BCUT2D eigenvalue weighted by Crippen LogP contribution is -2.18. The van der Waals surface area contributed by atoms with Gasteiger partial charge in [-0.15, -0.1) is 11.8 Å². The summed E-state index contributed by atoms with van der Waals surface area (Å²) in [7, 11) is 1.92. The Morgan fingerprint density at radius 2 is 2.24 bits per heavy atom. The molecule has 0 spiro atoms. The van der Waals surface area contributed by atoms with Crippen molar-refractivity contribution in [3.8, 4) is 0 Å². The topological polar surface area (TPSA) is 52.2 Å². The highest BCUT2D eigenvalue weighted by Gasteiger charge is 2.09. The summed E-state index contributed by atoms with van der Waals surface area (Å²) < 4.78 is 3.34. The third-order valence-electron chi connectivity index (χ3n) is 2.82. The number of pyridine rings is 1. The zero-order valence-corrected chi connectivity index (χ0v) is 10.2. The Morgan fingerprint density at radius 1 is 1.41 bits per heavy atom. The SMILES string of the molecule is CSc1cc2c(cn1)c(=O)n1nccc1n2C. The van der Waals surface area contributed by atoms with Crippen molar-refractivity contribution < 1.29 is 0 Å². The van der Waals surface area contributed by atoms with Crippen LogP contribution >= 0.6 is 11.8 Å². The van der Waals surface area contributed by atoms with Crippen molar-refractivity contribution in [2.75, 3.05) is 6.26 Å². The predicted octanol–water partition coefficient (Wildman–Crippen LogP) is 1.30. The molecule has 3 heterocycles. The van der Waals surface area contributed by atoms with E-state index in [1.54, 1.807) is 24.2 Å². The molecule has 0 fully saturated rings. The summed E-state index contributed by atoms with van der Waals surface area (Å²) in [5.74, 6) is 0. The smallest absolute Gasteiger partial charge is 0.283 e. The zero-order chi connectivity index (χ0) is 12.0. The number of thioether (sulfide) groups is 1. The van der Waals surface area contributed by atoms with Crippen molar-refractivity contribution in [1.82, 2.24) is 19.2 Å². The molecule has 0 aromatic carbocycles. The van der Waals surface area contributed by atoms with Crippen LogP contribution in [0.2, 0.25) is 0 Å². The number of fused-ring (bicyclic) bond motifs is 2. The molecule has 3 rings (SSSR count). The van der Waals surface area contributed by atoms with E-state index in [4.69, 9.17) is 0 Å². The maximum absolute atomic E-state index is 12.1. The van der Waals surface area contributed by atoms with Crippen molar-refractivity contribution in [3.63, 3.8) is 0 Å². The second kappa shape index (κ2) is 3.59. The number of rotatable bonds is 1. The monoisotopic (exact) mass is 246 g/mol. The van der Waals surface area contributed by atoms with Gasteiger partial charge in [-0.05, 0) is 12.3 Å². The van der Waals surface area contributed by atoms with Gasteiger partial charge >= 0.3 is 0 Å². The van der Waals surface area contributed by atoms with E-state index >= 15 is 0 Å². The highest BCUT2D eigenvalue weighted by atomic mass is 32.2. The molecule has 0 aliphatic heterocycles. The molecular formula is C11H10N4OS. The number of hydrogen-bond donors (Lipinski definition) is 0. The summed E-state index contributed by atoms with van der Waals surface area (Å²) in [4.78, 5) is 16.4. The highest BCUT2D eigenvalue weighted by molar-refractivity contribution is 7.98. The fourth-order valence-corrected chi connectivity index (χ4v) is 2.31. The molecular weight excluding hydrogens is 236 g/mol. The van der Waals surface area contributed by atoms with E-state index in [1.807, 2.05) is 30.0 Å². The maximum Gasteiger partial charge on any atom is 0.283 e. The van der Waals surface area contributed by atoms with Crippen LogP contribution in [0.1, 0.15) is 0 Å². The molecule has 3 aromatic heterocycles. The van der Waals surface area contributed by atoms with Crippen molar-refractivity contribution in [1.29, 1.82) is 0 Å². The third-order valence-corrected chi connectivity index (χ3v) is 3.46. The van der Waals surface area contributed by atoms with Gasteiger partial charge in [0.1, 0.15) is 5.65 Å². The van der Waals surface area contributed by atoms with Gasteiger partial charge in [-0.3, -0.25) is 4.79 Å². The fraction of sp³-hybridized carbons (Fsp3) is 0.182. The average molecular weight is 246 g/mol. The van der Waals surface area contributed by atoms with Gasteiger partial charge in [0, 0.05) is 19.3 Å². The maximum atomic E-state index is 12.1. The molecule has 0 N–H and O–H groups in total. The molecule has 3 aromatic rings. The van der Waals surface area contributed by atoms with E-state index in [9.17, 15) is 4.79 Å². The summed E-state index contributed by atoms with van der Waals surface area (Å²) >= 11 is 1.56. The molecule has 0 bridgehead atoms. The van der Waals surface area contributed by atoms with Crippen molar-refractivity contribution in [2.45, 2.75) is 5.03 Å². The molecule has 0 amide bonds. The number of aryl methyl sites for hydroxylation is 1. The van der Waals surface area contributed by atoms with Gasteiger partial charge in [0.15, 0.2) is 0 Å². The van der Waals surface area contributed by atoms with Gasteiger partial charge in [0.05, 0.1) is 22.1 Å². The first kappa shape index (κ1) is 10.3. The summed E-state index contributed by atoms with van der Waals surface area (Å²) in [6, 6.07) is 3.74. The molecule has 5 nitrogen and oxygen atoms in total. The van der Waals surface area contributed by atoms with Crippen molar-refractivity contribution in [3.05, 3.63) is 34.9 Å². The fourth-order valence-electron chi connectivity index (χ4n) is 1.92. The van der Waals surface area contributed by atoms with E-state index in [-0.39, 0.29) is 5.56 Å². The van der Waals surface area contributed by atoms with E-state index in [2.05, 4.69) is 10.1 Å². The van der Waals surface area contributed by atoms with E-state index in [0.717, 1.165) is 16.2 Å². The van der Waals surface area contributed by atoms with E-state index in [1.165, 1.54) is 4.52 Å². The highest BCUT2D eigenvalue weighted by Crippen LogP contribution is 2.17. The van der Waals surface area contributed by atoms with Gasteiger partial charge in [0.25, 0.3) is 5.56 Å². The summed E-state index contributed by atoms with van der Waals surface area (Å²) in [6.07, 6.45) is 5.20. The average Bonchev–Trinajstić information content (AvgIpc) is 2.85. The molecule has 17 heavy (non-hydrogen) atoms. The first-order valence-corrected chi connectivity index (χ1v) is 6.31. The second-order valence-electron chi connectivity index (χ2n) is 3.71. The van der Waals surface area contributed by atoms with Crippen LogP contribution in [0.25, 0.3) is 16.6 Å². The van der Waals surface area contributed by atoms with Crippen LogP contribution in [0.5, 0.6) is 0 Å². The van der Waals surface area contributed by atoms with Crippen molar-refractivity contribution >= 4 is 28.3 Å². The Bertz CT molecular complexity index is 774. The molecule has 0 unspecified atom stereocenters. The Balaban J connectivity index is 2.59. The standard InChI is InChI=1S/C11H10N4OS/c1-14-8-5-9(17-2)12-6-7(8)11(16)15-10(14)3-4-13-15/h3-6H,1-2H3. The lowest BCUT2D eigenvalue weighted by molar-refractivity contribution is 0.853. The zero-order valence-electron chi connectivity index (χ0n) is 9.41. The molecule has 0 saturated carbocycles. The molecule has 0 aliphatic carbocycles. The third kappa shape index (κ3) is 1.37. The minimum absolute atomic E-state index is 0.127. The van der Waals surface area contributed by atoms with Crippen molar-refractivity contribution in [2.24, 2.45) is 7.05 Å². The quantitative estimate of drug-likeness (QED) is 0.607. The number of hydrogen-bond acceptors (Lipinski definition) is 4. The van der Waals surface area contributed by atoms with Gasteiger partial charge < -0.3 is 4.57 Å². The summed E-state index contributed by atoms with van der Waals surface area (Å²) in [5, 5.41) is 5.51. The Labute approximate surface area is 101 Å². The van der Waals surface area contributed by atoms with Crippen LogP contribution in [0, 0.1) is 0 Å². The minimum Gasteiger partial charge on any atom is -0.328 e. The molecule has 0 radical (unpaired) electrons. The van der Waals surface area contributed by atoms with Gasteiger partial charge in [-0.25, -0.2) is 4.98 Å². The Morgan fingerprint density at radius 3 is 3.00 bits per heavy atom. The largest absolute Gasteiger partial charge is 0.328 e. The Kier molecular flexibility index (Phi) is 2.19. The predicted molar refractivity (Wildman–Crippen MR) is 67.5 cm³/mol. The Hall–Kier alpha value is -1.82. The first-order chi connectivity index (χ1) is 8.22. The van der Waals surface area contributed by atoms with Gasteiger partial charge in [0.2, 0.25) is 0 Å². The van der Waals surface area contributed by atoms with Crippen LogP contribution in [0.3, 0.4) is 0 Å². The van der Waals surface area contributed by atoms with Gasteiger partial charge in [-0.1, -0.05) is 0 Å². The van der Waals surface area contributed by atoms with Crippen LogP contribution < -0.4 is 5.56 Å². The lowest BCUT2D eigenvalue weighted by atomic mass is 10.3.